The van der Waals surface area contributed by atoms with Crippen molar-refractivity contribution in [1.82, 2.24) is 5.32 Å². The lowest BCUT2D eigenvalue weighted by Crippen LogP contribution is -2.37. The topological polar surface area (TPSA) is 21.3 Å². The third kappa shape index (κ3) is 5.42. The fraction of sp³-hybridized carbons (Fsp3) is 0.625. The van der Waals surface area contributed by atoms with Gasteiger partial charge in [-0.15, -0.1) is 11.6 Å². The summed E-state index contributed by atoms with van der Waals surface area (Å²) in [6.45, 7) is 1.75. The summed E-state index contributed by atoms with van der Waals surface area (Å²) in [5.74, 6) is 0.951. The minimum atomic E-state index is 0.303. The molecule has 0 aliphatic heterocycles. The molecule has 3 heteroatoms. The van der Waals surface area contributed by atoms with E-state index in [1.807, 2.05) is 30.3 Å². The van der Waals surface area contributed by atoms with E-state index in [2.05, 4.69) is 5.32 Å². The molecule has 0 radical (unpaired) electrons. The van der Waals surface area contributed by atoms with E-state index in [1.165, 1.54) is 25.7 Å². The van der Waals surface area contributed by atoms with E-state index in [9.17, 15) is 0 Å². The number of nitrogens with one attached hydrogen (secondary N) is 1. The number of ether oxygens (including phenoxy) is 1. The van der Waals surface area contributed by atoms with Crippen molar-refractivity contribution in [3.05, 3.63) is 30.3 Å². The molecular weight excluding hydrogens is 258 g/mol. The highest BCUT2D eigenvalue weighted by molar-refractivity contribution is 6.21. The van der Waals surface area contributed by atoms with Crippen molar-refractivity contribution < 1.29 is 4.74 Å². The van der Waals surface area contributed by atoms with E-state index in [0.29, 0.717) is 11.4 Å². The van der Waals surface area contributed by atoms with Crippen molar-refractivity contribution >= 4 is 11.6 Å². The van der Waals surface area contributed by atoms with Crippen molar-refractivity contribution in [2.75, 3.05) is 13.2 Å². The molecule has 0 spiro atoms. The number of benzene rings is 1. The summed E-state index contributed by atoms with van der Waals surface area (Å²) in [5.41, 5.74) is 0. The minimum absolute atomic E-state index is 0.303. The van der Waals surface area contributed by atoms with Gasteiger partial charge in [-0.05, 0) is 37.9 Å². The Labute approximate surface area is 121 Å². The SMILES string of the molecule is ClC1CCCCCC1NCCCOc1ccccc1. The second-order valence-electron chi connectivity index (χ2n) is 5.23. The fourth-order valence-corrected chi connectivity index (χ4v) is 2.93. The third-order valence-corrected chi connectivity index (χ3v) is 4.19. The molecule has 1 aromatic rings. The zero-order chi connectivity index (χ0) is 13.3. The lowest BCUT2D eigenvalue weighted by molar-refractivity contribution is 0.303. The number of alkyl halides is 1. The van der Waals surface area contributed by atoms with Gasteiger partial charge in [-0.1, -0.05) is 37.5 Å². The van der Waals surface area contributed by atoms with Crippen LogP contribution in [-0.2, 0) is 0 Å². The lowest BCUT2D eigenvalue weighted by Gasteiger charge is -2.21. The monoisotopic (exact) mass is 281 g/mol. The first-order valence-corrected chi connectivity index (χ1v) is 7.85. The van der Waals surface area contributed by atoms with E-state index in [0.717, 1.165) is 31.7 Å². The normalized spacial score (nSPS) is 23.8. The summed E-state index contributed by atoms with van der Waals surface area (Å²) in [6.07, 6.45) is 7.31. The first-order chi connectivity index (χ1) is 9.36. The first-order valence-electron chi connectivity index (χ1n) is 7.41. The molecule has 0 bridgehead atoms. The molecule has 1 fully saturated rings. The zero-order valence-corrected chi connectivity index (χ0v) is 12.2. The van der Waals surface area contributed by atoms with E-state index < -0.39 is 0 Å². The zero-order valence-electron chi connectivity index (χ0n) is 11.5. The van der Waals surface area contributed by atoms with Crippen LogP contribution in [0.1, 0.15) is 38.5 Å². The van der Waals surface area contributed by atoms with Gasteiger partial charge in [0.05, 0.1) is 6.61 Å². The molecule has 1 saturated carbocycles. The predicted molar refractivity (Wildman–Crippen MR) is 81.1 cm³/mol. The summed E-state index contributed by atoms with van der Waals surface area (Å²) < 4.78 is 5.67. The van der Waals surface area contributed by atoms with Crippen molar-refractivity contribution in [3.8, 4) is 5.75 Å². The molecule has 2 nitrogen and oxygen atoms in total. The van der Waals surface area contributed by atoms with Gasteiger partial charge in [0, 0.05) is 11.4 Å². The highest BCUT2D eigenvalue weighted by Crippen LogP contribution is 2.22. The molecule has 2 atom stereocenters. The van der Waals surface area contributed by atoms with Crippen LogP contribution < -0.4 is 10.1 Å². The number of rotatable bonds is 6. The highest BCUT2D eigenvalue weighted by Gasteiger charge is 2.20. The highest BCUT2D eigenvalue weighted by atomic mass is 35.5. The van der Waals surface area contributed by atoms with Crippen LogP contribution in [0.15, 0.2) is 30.3 Å². The van der Waals surface area contributed by atoms with Gasteiger partial charge in [0.2, 0.25) is 0 Å². The van der Waals surface area contributed by atoms with Crippen LogP contribution >= 0.6 is 11.6 Å². The summed E-state index contributed by atoms with van der Waals surface area (Å²) in [6, 6.07) is 10.5. The maximum absolute atomic E-state index is 6.40. The van der Waals surface area contributed by atoms with Crippen LogP contribution in [0, 0.1) is 0 Å². The van der Waals surface area contributed by atoms with E-state index in [4.69, 9.17) is 16.3 Å². The van der Waals surface area contributed by atoms with Gasteiger partial charge in [-0.2, -0.15) is 0 Å². The molecular formula is C16H24ClNO. The molecule has 1 aliphatic rings. The Bertz CT molecular complexity index is 344. The van der Waals surface area contributed by atoms with Crippen molar-refractivity contribution in [2.24, 2.45) is 0 Å². The largest absolute Gasteiger partial charge is 0.494 e. The predicted octanol–water partition coefficient (Wildman–Crippen LogP) is 3.99. The molecule has 0 amide bonds. The smallest absolute Gasteiger partial charge is 0.119 e. The molecule has 0 saturated heterocycles. The van der Waals surface area contributed by atoms with E-state index in [-0.39, 0.29) is 0 Å². The molecule has 1 aromatic carbocycles. The van der Waals surface area contributed by atoms with Gasteiger partial charge in [-0.25, -0.2) is 0 Å². The molecule has 19 heavy (non-hydrogen) atoms. The molecule has 2 unspecified atom stereocenters. The van der Waals surface area contributed by atoms with Crippen LogP contribution in [0.4, 0.5) is 0 Å². The molecule has 0 aromatic heterocycles. The average molecular weight is 282 g/mol. The van der Waals surface area contributed by atoms with Gasteiger partial charge in [-0.3, -0.25) is 0 Å². The quantitative estimate of drug-likeness (QED) is 0.484. The second-order valence-corrected chi connectivity index (χ2v) is 5.79. The maximum atomic E-state index is 6.40. The minimum Gasteiger partial charge on any atom is -0.494 e. The van der Waals surface area contributed by atoms with Gasteiger partial charge in [0.1, 0.15) is 5.75 Å². The van der Waals surface area contributed by atoms with Crippen molar-refractivity contribution in [2.45, 2.75) is 49.9 Å². The standard InChI is InChI=1S/C16H24ClNO/c17-15-10-5-2-6-11-16(15)18-12-7-13-19-14-8-3-1-4-9-14/h1,3-4,8-9,15-16,18H,2,5-7,10-13H2. The number of halogens is 1. The Hall–Kier alpha value is -0.730. The van der Waals surface area contributed by atoms with Gasteiger partial charge in [0.15, 0.2) is 0 Å². The molecule has 1 N–H and O–H groups in total. The molecule has 106 valence electrons. The number of para-hydroxylation sites is 1. The Morgan fingerprint density at radius 2 is 1.89 bits per heavy atom. The summed E-state index contributed by atoms with van der Waals surface area (Å²) in [4.78, 5) is 0. The Kier molecular flexibility index (Phi) is 6.52. The Balaban J connectivity index is 1.58. The van der Waals surface area contributed by atoms with Crippen LogP contribution in [0.3, 0.4) is 0 Å². The number of hydrogen-bond acceptors (Lipinski definition) is 2. The molecule has 1 aliphatic carbocycles. The first kappa shape index (κ1) is 14.7. The Morgan fingerprint density at radius 1 is 1.11 bits per heavy atom. The van der Waals surface area contributed by atoms with Gasteiger partial charge in [0.25, 0.3) is 0 Å². The lowest BCUT2D eigenvalue weighted by atomic mass is 10.1. The Morgan fingerprint density at radius 3 is 2.74 bits per heavy atom. The van der Waals surface area contributed by atoms with Crippen molar-refractivity contribution in [1.29, 1.82) is 0 Å². The van der Waals surface area contributed by atoms with Crippen LogP contribution in [-0.4, -0.2) is 24.6 Å². The maximum Gasteiger partial charge on any atom is 0.119 e. The van der Waals surface area contributed by atoms with Gasteiger partial charge < -0.3 is 10.1 Å². The second kappa shape index (κ2) is 8.44. The van der Waals surface area contributed by atoms with Crippen LogP contribution in [0.5, 0.6) is 5.75 Å². The third-order valence-electron chi connectivity index (χ3n) is 3.67. The molecule has 2 rings (SSSR count). The summed E-state index contributed by atoms with van der Waals surface area (Å²) in [7, 11) is 0. The average Bonchev–Trinajstić information content (AvgIpc) is 2.65. The number of hydrogen-bond donors (Lipinski definition) is 1. The van der Waals surface area contributed by atoms with E-state index in [1.54, 1.807) is 0 Å². The summed E-state index contributed by atoms with van der Waals surface area (Å²) >= 11 is 6.40. The van der Waals surface area contributed by atoms with Crippen LogP contribution in [0.2, 0.25) is 0 Å². The van der Waals surface area contributed by atoms with Crippen LogP contribution in [0.25, 0.3) is 0 Å². The molecule has 0 heterocycles. The fourth-order valence-electron chi connectivity index (χ4n) is 2.56. The summed E-state index contributed by atoms with van der Waals surface area (Å²) in [5, 5.41) is 3.89. The van der Waals surface area contributed by atoms with Gasteiger partial charge >= 0.3 is 0 Å². The van der Waals surface area contributed by atoms with Crippen molar-refractivity contribution in [3.63, 3.8) is 0 Å². The van der Waals surface area contributed by atoms with E-state index >= 15 is 0 Å².